The molecule has 24 heavy (non-hydrogen) atoms. The molecule has 6 nitrogen and oxygen atoms in total. The maximum atomic E-state index is 12.2. The highest BCUT2D eigenvalue weighted by atomic mass is 32.1. The van der Waals surface area contributed by atoms with Gasteiger partial charge in [0.05, 0.1) is 18.5 Å². The molecule has 0 bridgehead atoms. The van der Waals surface area contributed by atoms with Crippen LogP contribution in [0.2, 0.25) is 0 Å². The van der Waals surface area contributed by atoms with E-state index in [2.05, 4.69) is 29.4 Å². The summed E-state index contributed by atoms with van der Waals surface area (Å²) in [5.41, 5.74) is 9.67. The van der Waals surface area contributed by atoms with Crippen LogP contribution in [0.25, 0.3) is 0 Å². The average molecular weight is 346 g/mol. The summed E-state index contributed by atoms with van der Waals surface area (Å²) in [6.45, 7) is 6.72. The number of anilines is 1. The quantitative estimate of drug-likeness (QED) is 0.595. The van der Waals surface area contributed by atoms with E-state index in [9.17, 15) is 4.79 Å². The smallest absolute Gasteiger partial charge is 0.283 e. The predicted octanol–water partition coefficient (Wildman–Crippen LogP) is 3.09. The van der Waals surface area contributed by atoms with Crippen LogP contribution in [-0.2, 0) is 6.42 Å². The first kappa shape index (κ1) is 17.9. The molecule has 2 rings (SSSR count). The summed E-state index contributed by atoms with van der Waals surface area (Å²) in [4.78, 5) is 16.8. The number of carbonyl (C=O) groups is 1. The highest BCUT2D eigenvalue weighted by Crippen LogP contribution is 2.21. The van der Waals surface area contributed by atoms with Crippen LogP contribution < -0.4 is 15.9 Å². The standard InChI is InChI=1S/C17H22N4O2S/c1-4-13-15(24-17(18)20-13)16(22)21-19-9-12-7-5-6-8-14(12)23-10-11(2)3/h5-9,11H,4,10H2,1-3H3,(H2,18,20)(H,21,22). The fraction of sp³-hybridized carbons (Fsp3) is 0.353. The van der Waals surface area contributed by atoms with E-state index in [1.54, 1.807) is 6.21 Å². The first-order valence-electron chi connectivity index (χ1n) is 7.81. The molecule has 0 unspecified atom stereocenters. The Labute approximate surface area is 145 Å². The molecule has 0 saturated heterocycles. The topological polar surface area (TPSA) is 89.6 Å². The Morgan fingerprint density at radius 2 is 2.21 bits per heavy atom. The molecule has 128 valence electrons. The number of carbonyl (C=O) groups excluding carboxylic acids is 1. The molecule has 7 heteroatoms. The number of rotatable bonds is 7. The highest BCUT2D eigenvalue weighted by Gasteiger charge is 2.15. The molecule has 0 fully saturated rings. The van der Waals surface area contributed by atoms with Crippen molar-refractivity contribution in [3.63, 3.8) is 0 Å². The van der Waals surface area contributed by atoms with Gasteiger partial charge in [0, 0.05) is 5.56 Å². The Morgan fingerprint density at radius 3 is 2.92 bits per heavy atom. The van der Waals surface area contributed by atoms with E-state index >= 15 is 0 Å². The molecule has 2 aromatic rings. The molecule has 1 aromatic heterocycles. The van der Waals surface area contributed by atoms with Gasteiger partial charge >= 0.3 is 0 Å². The van der Waals surface area contributed by atoms with Crippen LogP contribution in [0.4, 0.5) is 5.13 Å². The lowest BCUT2D eigenvalue weighted by atomic mass is 10.2. The van der Waals surface area contributed by atoms with Crippen LogP contribution in [0.15, 0.2) is 29.4 Å². The minimum atomic E-state index is -0.308. The van der Waals surface area contributed by atoms with E-state index < -0.39 is 0 Å². The van der Waals surface area contributed by atoms with Crippen molar-refractivity contribution >= 4 is 28.6 Å². The van der Waals surface area contributed by atoms with E-state index in [1.165, 1.54) is 0 Å². The third-order valence-electron chi connectivity index (χ3n) is 3.12. The molecule has 0 radical (unpaired) electrons. The number of hydrogen-bond donors (Lipinski definition) is 2. The predicted molar refractivity (Wildman–Crippen MR) is 97.7 cm³/mol. The fourth-order valence-electron chi connectivity index (χ4n) is 1.97. The van der Waals surface area contributed by atoms with Crippen molar-refractivity contribution in [2.24, 2.45) is 11.0 Å². The molecule has 0 saturated carbocycles. The van der Waals surface area contributed by atoms with Crippen LogP contribution in [0.1, 0.15) is 41.7 Å². The molecule has 0 atom stereocenters. The maximum absolute atomic E-state index is 12.2. The Bertz CT molecular complexity index is 725. The van der Waals surface area contributed by atoms with Crippen LogP contribution in [-0.4, -0.2) is 23.7 Å². The van der Waals surface area contributed by atoms with Gasteiger partial charge in [-0.15, -0.1) is 0 Å². The summed E-state index contributed by atoms with van der Waals surface area (Å²) in [5, 5.41) is 4.41. The van der Waals surface area contributed by atoms with Crippen LogP contribution in [0.3, 0.4) is 0 Å². The minimum absolute atomic E-state index is 0.308. The molecule has 0 aliphatic heterocycles. The molecule has 1 amide bonds. The van der Waals surface area contributed by atoms with Gasteiger partial charge < -0.3 is 10.5 Å². The Kier molecular flexibility index (Phi) is 6.31. The van der Waals surface area contributed by atoms with Gasteiger partial charge in [0.25, 0.3) is 5.91 Å². The van der Waals surface area contributed by atoms with Gasteiger partial charge in [0.1, 0.15) is 10.6 Å². The first-order chi connectivity index (χ1) is 11.5. The number of nitrogens with two attached hydrogens (primary N) is 1. The zero-order valence-corrected chi connectivity index (χ0v) is 14.9. The monoisotopic (exact) mass is 346 g/mol. The molecule has 1 aromatic carbocycles. The SMILES string of the molecule is CCc1nc(N)sc1C(=O)NN=Cc1ccccc1OCC(C)C. The number of nitrogens with one attached hydrogen (secondary N) is 1. The zero-order chi connectivity index (χ0) is 17.5. The number of aromatic nitrogens is 1. The number of nitrogen functional groups attached to an aromatic ring is 1. The summed E-state index contributed by atoms with van der Waals surface area (Å²) < 4.78 is 5.75. The largest absolute Gasteiger partial charge is 0.493 e. The van der Waals surface area contributed by atoms with E-state index in [0.29, 0.717) is 34.6 Å². The minimum Gasteiger partial charge on any atom is -0.493 e. The molecular weight excluding hydrogens is 324 g/mol. The molecule has 3 N–H and O–H groups in total. The van der Waals surface area contributed by atoms with Crippen molar-refractivity contribution in [3.8, 4) is 5.75 Å². The Hall–Kier alpha value is -2.41. The van der Waals surface area contributed by atoms with Gasteiger partial charge in [0.15, 0.2) is 5.13 Å². The highest BCUT2D eigenvalue weighted by molar-refractivity contribution is 7.17. The molecule has 1 heterocycles. The van der Waals surface area contributed by atoms with E-state index in [-0.39, 0.29) is 5.91 Å². The van der Waals surface area contributed by atoms with E-state index in [0.717, 1.165) is 22.6 Å². The second-order valence-corrected chi connectivity index (χ2v) is 6.65. The van der Waals surface area contributed by atoms with Gasteiger partial charge in [-0.1, -0.05) is 44.2 Å². The molecular formula is C17H22N4O2S. The van der Waals surface area contributed by atoms with E-state index in [1.807, 2.05) is 31.2 Å². The molecule has 0 aliphatic carbocycles. The Balaban J connectivity index is 2.05. The van der Waals surface area contributed by atoms with Crippen molar-refractivity contribution in [2.45, 2.75) is 27.2 Å². The summed E-state index contributed by atoms with van der Waals surface area (Å²) in [6.07, 6.45) is 2.22. The summed E-state index contributed by atoms with van der Waals surface area (Å²) in [7, 11) is 0. The number of amides is 1. The lowest BCUT2D eigenvalue weighted by Crippen LogP contribution is -2.18. The molecule has 0 aliphatic rings. The van der Waals surface area contributed by atoms with Gasteiger partial charge in [0.2, 0.25) is 0 Å². The summed E-state index contributed by atoms with van der Waals surface area (Å²) >= 11 is 1.16. The van der Waals surface area contributed by atoms with E-state index in [4.69, 9.17) is 10.5 Å². The fourth-order valence-corrected chi connectivity index (χ4v) is 2.78. The lowest BCUT2D eigenvalue weighted by Gasteiger charge is -2.10. The number of benzene rings is 1. The van der Waals surface area contributed by atoms with Crippen molar-refractivity contribution in [1.82, 2.24) is 10.4 Å². The number of hydrogen-bond acceptors (Lipinski definition) is 6. The van der Waals surface area contributed by atoms with Gasteiger partial charge in [-0.2, -0.15) is 5.10 Å². The normalized spacial score (nSPS) is 11.2. The number of thiazole rings is 1. The van der Waals surface area contributed by atoms with Crippen LogP contribution in [0, 0.1) is 5.92 Å². The van der Waals surface area contributed by atoms with Crippen molar-refractivity contribution in [2.75, 3.05) is 12.3 Å². The number of para-hydroxylation sites is 1. The maximum Gasteiger partial charge on any atom is 0.283 e. The van der Waals surface area contributed by atoms with Crippen LogP contribution >= 0.6 is 11.3 Å². The summed E-state index contributed by atoms with van der Waals surface area (Å²) in [5.74, 6) is 0.859. The number of hydrazone groups is 1. The first-order valence-corrected chi connectivity index (χ1v) is 8.63. The Morgan fingerprint density at radius 1 is 1.46 bits per heavy atom. The third-order valence-corrected chi connectivity index (χ3v) is 4.04. The summed E-state index contributed by atoms with van der Waals surface area (Å²) in [6, 6.07) is 7.56. The number of nitrogens with zero attached hydrogens (tertiary/aromatic N) is 2. The second-order valence-electron chi connectivity index (χ2n) is 5.62. The lowest BCUT2D eigenvalue weighted by molar-refractivity contribution is 0.0958. The second kappa shape index (κ2) is 8.44. The van der Waals surface area contributed by atoms with Gasteiger partial charge in [-0.05, 0) is 24.5 Å². The van der Waals surface area contributed by atoms with Crippen LogP contribution in [0.5, 0.6) is 5.75 Å². The third kappa shape index (κ3) is 4.79. The molecule has 0 spiro atoms. The number of ether oxygens (including phenoxy) is 1. The zero-order valence-electron chi connectivity index (χ0n) is 14.1. The number of aryl methyl sites for hydroxylation is 1. The van der Waals surface area contributed by atoms with Crippen molar-refractivity contribution in [1.29, 1.82) is 0 Å². The van der Waals surface area contributed by atoms with Crippen molar-refractivity contribution < 1.29 is 9.53 Å². The van der Waals surface area contributed by atoms with Gasteiger partial charge in [-0.3, -0.25) is 4.79 Å². The van der Waals surface area contributed by atoms with Gasteiger partial charge in [-0.25, -0.2) is 10.4 Å². The average Bonchev–Trinajstić information content (AvgIpc) is 2.95. The van der Waals surface area contributed by atoms with Crippen molar-refractivity contribution in [3.05, 3.63) is 40.4 Å².